The lowest BCUT2D eigenvalue weighted by atomic mass is 10.2. The quantitative estimate of drug-likeness (QED) is 0.882. The number of ether oxygens (including phenoxy) is 2. The number of para-hydroxylation sites is 2. The number of methoxy groups -OCH3 is 1. The third kappa shape index (κ3) is 2.65. The van der Waals surface area contributed by atoms with E-state index < -0.39 is 0 Å². The first-order valence-corrected chi connectivity index (χ1v) is 5.80. The Hall–Kier alpha value is -1.94. The molecule has 2 N–H and O–H groups in total. The van der Waals surface area contributed by atoms with Gasteiger partial charge in [0.2, 0.25) is 0 Å². The first kappa shape index (κ1) is 12.5. The Morgan fingerprint density at radius 1 is 1.17 bits per heavy atom. The zero-order chi connectivity index (χ0) is 13.0. The van der Waals surface area contributed by atoms with E-state index in [2.05, 4.69) is 0 Å². The lowest BCUT2D eigenvalue weighted by Crippen LogP contribution is -2.18. The van der Waals surface area contributed by atoms with E-state index in [0.717, 1.165) is 11.5 Å². The lowest BCUT2D eigenvalue weighted by molar-refractivity contribution is 0.175. The number of nitrogens with two attached hydrogens (primary N) is 1. The zero-order valence-electron chi connectivity index (χ0n) is 10.6. The topological polar surface area (TPSA) is 57.6 Å². The maximum atomic E-state index is 5.84. The van der Waals surface area contributed by atoms with Crippen molar-refractivity contribution >= 4 is 0 Å². The van der Waals surface area contributed by atoms with E-state index in [4.69, 9.17) is 19.6 Å². The van der Waals surface area contributed by atoms with Gasteiger partial charge in [0.05, 0.1) is 7.11 Å². The summed E-state index contributed by atoms with van der Waals surface area (Å²) in [5, 5.41) is 0. The first-order chi connectivity index (χ1) is 8.74. The van der Waals surface area contributed by atoms with Crippen molar-refractivity contribution in [3.05, 3.63) is 47.9 Å². The highest BCUT2D eigenvalue weighted by Gasteiger charge is 2.17. The van der Waals surface area contributed by atoms with Gasteiger partial charge in [-0.1, -0.05) is 12.1 Å². The molecular weight excluding hydrogens is 230 g/mol. The standard InChI is InChI=1S/C14H17NO3/c1-10-7-8-13(17-10)14(9-15)18-12-6-4-3-5-11(12)16-2/h3-8,14H,9,15H2,1-2H3. The maximum Gasteiger partial charge on any atom is 0.168 e. The normalized spacial score (nSPS) is 12.2. The number of benzene rings is 1. The molecule has 0 spiro atoms. The molecule has 1 aromatic heterocycles. The van der Waals surface area contributed by atoms with Gasteiger partial charge in [0.15, 0.2) is 17.6 Å². The minimum atomic E-state index is -0.310. The number of aryl methyl sites for hydroxylation is 1. The maximum absolute atomic E-state index is 5.84. The van der Waals surface area contributed by atoms with E-state index in [1.165, 1.54) is 0 Å². The summed E-state index contributed by atoms with van der Waals surface area (Å²) in [6, 6.07) is 11.2. The third-order valence-electron chi connectivity index (χ3n) is 2.63. The van der Waals surface area contributed by atoms with Crippen LogP contribution < -0.4 is 15.2 Å². The molecule has 0 saturated carbocycles. The van der Waals surface area contributed by atoms with Crippen LogP contribution in [-0.2, 0) is 0 Å². The van der Waals surface area contributed by atoms with Crippen molar-refractivity contribution in [3.63, 3.8) is 0 Å². The van der Waals surface area contributed by atoms with Crippen LogP contribution in [0.2, 0.25) is 0 Å². The van der Waals surface area contributed by atoms with E-state index in [9.17, 15) is 0 Å². The van der Waals surface area contributed by atoms with Crippen molar-refractivity contribution in [2.75, 3.05) is 13.7 Å². The summed E-state index contributed by atoms with van der Waals surface area (Å²) in [6.07, 6.45) is -0.310. The number of furan rings is 1. The highest BCUT2D eigenvalue weighted by molar-refractivity contribution is 5.39. The largest absolute Gasteiger partial charge is 0.493 e. The van der Waals surface area contributed by atoms with E-state index in [1.807, 2.05) is 43.3 Å². The van der Waals surface area contributed by atoms with Gasteiger partial charge in [-0.2, -0.15) is 0 Å². The molecule has 1 atom stereocenters. The average Bonchev–Trinajstić information content (AvgIpc) is 2.83. The Labute approximate surface area is 106 Å². The summed E-state index contributed by atoms with van der Waals surface area (Å²) in [5.41, 5.74) is 5.73. The molecule has 0 amide bonds. The van der Waals surface area contributed by atoms with Gasteiger partial charge in [-0.05, 0) is 31.2 Å². The van der Waals surface area contributed by atoms with Gasteiger partial charge in [0.25, 0.3) is 0 Å². The molecule has 0 fully saturated rings. The molecular formula is C14H17NO3. The molecule has 0 radical (unpaired) electrons. The Morgan fingerprint density at radius 2 is 1.89 bits per heavy atom. The summed E-state index contributed by atoms with van der Waals surface area (Å²) < 4.78 is 16.6. The van der Waals surface area contributed by atoms with Gasteiger partial charge in [-0.25, -0.2) is 0 Å². The predicted molar refractivity (Wildman–Crippen MR) is 68.9 cm³/mol. The molecule has 18 heavy (non-hydrogen) atoms. The van der Waals surface area contributed by atoms with Crippen LogP contribution in [0.15, 0.2) is 40.8 Å². The van der Waals surface area contributed by atoms with Crippen LogP contribution in [0.4, 0.5) is 0 Å². The van der Waals surface area contributed by atoms with Gasteiger partial charge in [-0.3, -0.25) is 0 Å². The van der Waals surface area contributed by atoms with Crippen LogP contribution in [-0.4, -0.2) is 13.7 Å². The fourth-order valence-electron chi connectivity index (χ4n) is 1.72. The third-order valence-corrected chi connectivity index (χ3v) is 2.63. The minimum absolute atomic E-state index is 0.310. The SMILES string of the molecule is COc1ccccc1OC(CN)c1ccc(C)o1. The Bertz CT molecular complexity index is 507. The Morgan fingerprint density at radius 3 is 2.44 bits per heavy atom. The molecule has 1 heterocycles. The molecule has 96 valence electrons. The molecule has 4 nitrogen and oxygen atoms in total. The summed E-state index contributed by atoms with van der Waals surface area (Å²) in [6.45, 7) is 2.23. The van der Waals surface area contributed by atoms with Crippen molar-refractivity contribution in [2.24, 2.45) is 5.73 Å². The zero-order valence-corrected chi connectivity index (χ0v) is 10.6. The lowest BCUT2D eigenvalue weighted by Gasteiger charge is -2.17. The van der Waals surface area contributed by atoms with Crippen LogP contribution in [0.3, 0.4) is 0 Å². The van der Waals surface area contributed by atoms with Crippen molar-refractivity contribution < 1.29 is 13.9 Å². The summed E-state index contributed by atoms with van der Waals surface area (Å²) in [5.74, 6) is 2.90. The van der Waals surface area contributed by atoms with Crippen molar-refractivity contribution in [2.45, 2.75) is 13.0 Å². The molecule has 0 aliphatic heterocycles. The second-order valence-electron chi connectivity index (χ2n) is 3.94. The molecule has 0 aliphatic rings. The first-order valence-electron chi connectivity index (χ1n) is 5.80. The van der Waals surface area contributed by atoms with Crippen molar-refractivity contribution in [1.29, 1.82) is 0 Å². The highest BCUT2D eigenvalue weighted by atomic mass is 16.5. The van der Waals surface area contributed by atoms with Crippen LogP contribution in [0, 0.1) is 6.92 Å². The molecule has 1 aromatic carbocycles. The van der Waals surface area contributed by atoms with E-state index in [1.54, 1.807) is 7.11 Å². The van der Waals surface area contributed by atoms with Gasteiger partial charge < -0.3 is 19.6 Å². The van der Waals surface area contributed by atoms with Crippen molar-refractivity contribution in [1.82, 2.24) is 0 Å². The smallest absolute Gasteiger partial charge is 0.168 e. The van der Waals surface area contributed by atoms with Crippen LogP contribution in [0.25, 0.3) is 0 Å². The average molecular weight is 247 g/mol. The van der Waals surface area contributed by atoms with Crippen LogP contribution >= 0.6 is 0 Å². The van der Waals surface area contributed by atoms with Crippen LogP contribution in [0.5, 0.6) is 11.5 Å². The fraction of sp³-hybridized carbons (Fsp3) is 0.286. The molecule has 0 bridgehead atoms. The Balaban J connectivity index is 2.20. The second-order valence-corrected chi connectivity index (χ2v) is 3.94. The number of rotatable bonds is 5. The van der Waals surface area contributed by atoms with Gasteiger partial charge in [-0.15, -0.1) is 0 Å². The summed E-state index contributed by atoms with van der Waals surface area (Å²) in [4.78, 5) is 0. The van der Waals surface area contributed by atoms with Gasteiger partial charge >= 0.3 is 0 Å². The minimum Gasteiger partial charge on any atom is -0.493 e. The predicted octanol–water partition coefficient (Wildman–Crippen LogP) is 2.68. The van der Waals surface area contributed by atoms with Crippen LogP contribution in [0.1, 0.15) is 17.6 Å². The second kappa shape index (κ2) is 5.60. The molecule has 0 aliphatic carbocycles. The fourth-order valence-corrected chi connectivity index (χ4v) is 1.72. The summed E-state index contributed by atoms with van der Waals surface area (Å²) >= 11 is 0. The number of hydrogen-bond acceptors (Lipinski definition) is 4. The van der Waals surface area contributed by atoms with Gasteiger partial charge in [0, 0.05) is 6.54 Å². The molecule has 2 rings (SSSR count). The molecule has 2 aromatic rings. The van der Waals surface area contributed by atoms with Crippen molar-refractivity contribution in [3.8, 4) is 11.5 Å². The van der Waals surface area contributed by atoms with E-state index >= 15 is 0 Å². The summed E-state index contributed by atoms with van der Waals surface area (Å²) in [7, 11) is 1.61. The molecule has 0 saturated heterocycles. The van der Waals surface area contributed by atoms with Gasteiger partial charge in [0.1, 0.15) is 11.5 Å². The van der Waals surface area contributed by atoms with E-state index in [-0.39, 0.29) is 6.10 Å². The molecule has 4 heteroatoms. The monoisotopic (exact) mass is 247 g/mol. The Kier molecular flexibility index (Phi) is 3.89. The number of hydrogen-bond donors (Lipinski definition) is 1. The highest BCUT2D eigenvalue weighted by Crippen LogP contribution is 2.30. The molecule has 1 unspecified atom stereocenters. The van der Waals surface area contributed by atoms with E-state index in [0.29, 0.717) is 18.0 Å².